The summed E-state index contributed by atoms with van der Waals surface area (Å²) in [6.45, 7) is 1.86. The highest BCUT2D eigenvalue weighted by Gasteiger charge is 2.11. The highest BCUT2D eigenvalue weighted by Crippen LogP contribution is 2.20. The molecule has 0 unspecified atom stereocenters. The molecule has 0 heterocycles. The third-order valence-corrected chi connectivity index (χ3v) is 2.00. The molecule has 0 aliphatic heterocycles. The van der Waals surface area contributed by atoms with Gasteiger partial charge in [0.05, 0.1) is 17.4 Å². The summed E-state index contributed by atoms with van der Waals surface area (Å²) in [5.41, 5.74) is 1.65. The normalized spacial score (nSPS) is 9.43. The van der Waals surface area contributed by atoms with Crippen molar-refractivity contribution in [1.82, 2.24) is 0 Å². The molecular formula is C10H10N2O2. The zero-order valence-corrected chi connectivity index (χ0v) is 7.86. The molecule has 4 nitrogen and oxygen atoms in total. The van der Waals surface area contributed by atoms with Crippen molar-refractivity contribution in [2.75, 3.05) is 0 Å². The molecule has 0 saturated heterocycles. The van der Waals surface area contributed by atoms with Crippen molar-refractivity contribution in [3.8, 4) is 6.07 Å². The highest BCUT2D eigenvalue weighted by atomic mass is 16.6. The number of hydrogen-bond acceptors (Lipinski definition) is 3. The van der Waals surface area contributed by atoms with Gasteiger partial charge in [-0.05, 0) is 18.1 Å². The monoisotopic (exact) mass is 190 g/mol. The minimum Gasteiger partial charge on any atom is -0.258 e. The number of nitro benzene ring substituents is 1. The van der Waals surface area contributed by atoms with Gasteiger partial charge in [0.15, 0.2) is 0 Å². The minimum absolute atomic E-state index is 0.134. The van der Waals surface area contributed by atoms with Crippen LogP contribution in [0.25, 0.3) is 0 Å². The van der Waals surface area contributed by atoms with Crippen molar-refractivity contribution in [3.05, 3.63) is 39.4 Å². The fraction of sp³-hybridized carbons (Fsp3) is 0.300. The van der Waals surface area contributed by atoms with Crippen molar-refractivity contribution in [2.24, 2.45) is 0 Å². The molecule has 14 heavy (non-hydrogen) atoms. The third kappa shape index (κ3) is 2.07. The Morgan fingerprint density at radius 2 is 2.29 bits per heavy atom. The molecule has 0 amide bonds. The van der Waals surface area contributed by atoms with Crippen LogP contribution < -0.4 is 0 Å². The molecule has 0 spiro atoms. The average Bonchev–Trinajstić information content (AvgIpc) is 2.17. The summed E-state index contributed by atoms with van der Waals surface area (Å²) in [5, 5.41) is 19.1. The van der Waals surface area contributed by atoms with Crippen LogP contribution in [0.15, 0.2) is 18.2 Å². The Morgan fingerprint density at radius 1 is 1.57 bits per heavy atom. The topological polar surface area (TPSA) is 66.9 Å². The summed E-state index contributed by atoms with van der Waals surface area (Å²) in [5.74, 6) is 0. The lowest BCUT2D eigenvalue weighted by molar-refractivity contribution is -0.385. The molecule has 0 aliphatic carbocycles. The van der Waals surface area contributed by atoms with Crippen LogP contribution >= 0.6 is 0 Å². The van der Waals surface area contributed by atoms with Gasteiger partial charge in [0.25, 0.3) is 5.69 Å². The molecule has 4 heteroatoms. The van der Waals surface area contributed by atoms with Crippen molar-refractivity contribution in [3.63, 3.8) is 0 Å². The van der Waals surface area contributed by atoms with Gasteiger partial charge in [0.2, 0.25) is 0 Å². The fourth-order valence-electron chi connectivity index (χ4n) is 1.30. The van der Waals surface area contributed by atoms with E-state index in [4.69, 9.17) is 5.26 Å². The van der Waals surface area contributed by atoms with Gasteiger partial charge in [-0.3, -0.25) is 10.1 Å². The minimum atomic E-state index is -0.394. The molecule has 0 fully saturated rings. The molecular weight excluding hydrogens is 180 g/mol. The quantitative estimate of drug-likeness (QED) is 0.542. The largest absolute Gasteiger partial charge is 0.272 e. The average molecular weight is 190 g/mol. The van der Waals surface area contributed by atoms with Crippen LogP contribution in [0.5, 0.6) is 0 Å². The predicted octanol–water partition coefficient (Wildman–Crippen LogP) is 2.22. The first-order valence-electron chi connectivity index (χ1n) is 4.32. The van der Waals surface area contributed by atoms with Gasteiger partial charge in [0, 0.05) is 11.6 Å². The SMILES string of the molecule is CCc1cc(CC#N)ccc1[N+](=O)[O-]. The van der Waals surface area contributed by atoms with E-state index in [9.17, 15) is 10.1 Å². The van der Waals surface area contributed by atoms with E-state index in [2.05, 4.69) is 0 Å². The third-order valence-electron chi connectivity index (χ3n) is 2.00. The number of nitro groups is 1. The van der Waals surface area contributed by atoms with Crippen molar-refractivity contribution < 1.29 is 4.92 Å². The van der Waals surface area contributed by atoms with E-state index in [0.717, 1.165) is 5.56 Å². The first kappa shape index (κ1) is 10.2. The molecule has 1 aromatic rings. The van der Waals surface area contributed by atoms with Gasteiger partial charge in [-0.15, -0.1) is 0 Å². The number of nitrogens with zero attached hydrogens (tertiary/aromatic N) is 2. The van der Waals surface area contributed by atoms with Crippen molar-refractivity contribution >= 4 is 5.69 Å². The van der Waals surface area contributed by atoms with E-state index in [1.165, 1.54) is 6.07 Å². The molecule has 0 radical (unpaired) electrons. The van der Waals surface area contributed by atoms with Crippen LogP contribution in [0.2, 0.25) is 0 Å². The Bertz CT molecular complexity index is 394. The van der Waals surface area contributed by atoms with Crippen LogP contribution in [-0.2, 0) is 12.8 Å². The van der Waals surface area contributed by atoms with Crippen molar-refractivity contribution in [2.45, 2.75) is 19.8 Å². The van der Waals surface area contributed by atoms with E-state index in [1.807, 2.05) is 13.0 Å². The van der Waals surface area contributed by atoms with Gasteiger partial charge in [-0.2, -0.15) is 5.26 Å². The number of rotatable bonds is 3. The van der Waals surface area contributed by atoms with Crippen LogP contribution in [0.1, 0.15) is 18.1 Å². The standard InChI is InChI=1S/C10H10N2O2/c1-2-9-7-8(5-6-11)3-4-10(9)12(13)14/h3-4,7H,2,5H2,1H3. The predicted molar refractivity (Wildman–Crippen MR) is 51.8 cm³/mol. The smallest absolute Gasteiger partial charge is 0.258 e. The lowest BCUT2D eigenvalue weighted by atomic mass is 10.1. The summed E-state index contributed by atoms with van der Waals surface area (Å²) < 4.78 is 0. The maximum Gasteiger partial charge on any atom is 0.272 e. The van der Waals surface area contributed by atoms with Gasteiger partial charge in [-0.1, -0.05) is 13.0 Å². The van der Waals surface area contributed by atoms with Crippen LogP contribution in [-0.4, -0.2) is 4.92 Å². The number of nitriles is 1. The lowest BCUT2D eigenvalue weighted by Crippen LogP contribution is -1.95. The molecule has 0 aliphatic rings. The summed E-state index contributed by atoms with van der Waals surface area (Å²) in [6.07, 6.45) is 0.903. The van der Waals surface area contributed by atoms with Gasteiger partial charge < -0.3 is 0 Å². The van der Waals surface area contributed by atoms with E-state index < -0.39 is 4.92 Å². The van der Waals surface area contributed by atoms with E-state index in [1.54, 1.807) is 12.1 Å². The fourth-order valence-corrected chi connectivity index (χ4v) is 1.30. The van der Waals surface area contributed by atoms with Gasteiger partial charge in [-0.25, -0.2) is 0 Å². The first-order chi connectivity index (χ1) is 6.69. The van der Waals surface area contributed by atoms with E-state index >= 15 is 0 Å². The van der Waals surface area contributed by atoms with Crippen molar-refractivity contribution in [1.29, 1.82) is 5.26 Å². The van der Waals surface area contributed by atoms with E-state index in [0.29, 0.717) is 18.4 Å². The number of hydrogen-bond donors (Lipinski definition) is 0. The zero-order chi connectivity index (χ0) is 10.6. The number of aryl methyl sites for hydroxylation is 1. The first-order valence-corrected chi connectivity index (χ1v) is 4.32. The molecule has 1 rings (SSSR count). The second kappa shape index (κ2) is 4.38. The highest BCUT2D eigenvalue weighted by molar-refractivity contribution is 5.43. The molecule has 0 aromatic heterocycles. The summed E-state index contributed by atoms with van der Waals surface area (Å²) in [6, 6.07) is 6.83. The molecule has 0 bridgehead atoms. The Labute approximate surface area is 81.9 Å². The Morgan fingerprint density at radius 3 is 2.79 bits per heavy atom. The van der Waals surface area contributed by atoms with Crippen LogP contribution in [0, 0.1) is 21.4 Å². The summed E-state index contributed by atoms with van der Waals surface area (Å²) >= 11 is 0. The second-order valence-corrected chi connectivity index (χ2v) is 2.91. The Hall–Kier alpha value is -1.89. The molecule has 1 aromatic carbocycles. The van der Waals surface area contributed by atoms with Crippen LogP contribution in [0.4, 0.5) is 5.69 Å². The maximum atomic E-state index is 10.6. The molecule has 72 valence electrons. The van der Waals surface area contributed by atoms with Crippen LogP contribution in [0.3, 0.4) is 0 Å². The second-order valence-electron chi connectivity index (χ2n) is 2.91. The lowest BCUT2D eigenvalue weighted by Gasteiger charge is -2.01. The van der Waals surface area contributed by atoms with Gasteiger partial charge >= 0.3 is 0 Å². The number of benzene rings is 1. The molecule has 0 saturated carbocycles. The summed E-state index contributed by atoms with van der Waals surface area (Å²) in [7, 11) is 0. The Balaban J connectivity index is 3.12. The molecule has 0 N–H and O–H groups in total. The summed E-state index contributed by atoms with van der Waals surface area (Å²) in [4.78, 5) is 10.2. The van der Waals surface area contributed by atoms with Gasteiger partial charge in [0.1, 0.15) is 0 Å². The Kier molecular flexibility index (Phi) is 3.19. The zero-order valence-electron chi connectivity index (χ0n) is 7.86. The van der Waals surface area contributed by atoms with E-state index in [-0.39, 0.29) is 5.69 Å². The maximum absolute atomic E-state index is 10.6. The molecule has 0 atom stereocenters.